The quantitative estimate of drug-likeness (QED) is 0.367. The van der Waals surface area contributed by atoms with Crippen LogP contribution in [0.2, 0.25) is 0 Å². The van der Waals surface area contributed by atoms with Crippen molar-refractivity contribution < 1.29 is 9.53 Å². The van der Waals surface area contributed by atoms with Gasteiger partial charge in [0.25, 0.3) is 0 Å². The number of carbonyl (C=O) groups is 1. The lowest BCUT2D eigenvalue weighted by Gasteiger charge is -2.24. The van der Waals surface area contributed by atoms with Crippen molar-refractivity contribution in [3.05, 3.63) is 0 Å². The Balaban J connectivity index is 2.57. The second kappa shape index (κ2) is 14.5. The molecule has 8 nitrogen and oxygen atoms in total. The van der Waals surface area contributed by atoms with E-state index < -0.39 is 5.60 Å². The second-order valence-electron chi connectivity index (χ2n) is 9.13. The van der Waals surface area contributed by atoms with E-state index in [-0.39, 0.29) is 12.1 Å². The van der Waals surface area contributed by atoms with Crippen LogP contribution in [-0.2, 0) is 4.74 Å². The Morgan fingerprint density at radius 3 is 2.57 bits per heavy atom. The van der Waals surface area contributed by atoms with Crippen LogP contribution in [0.4, 0.5) is 4.79 Å². The number of amides is 1. The van der Waals surface area contributed by atoms with Crippen molar-refractivity contribution >= 4 is 12.1 Å². The van der Waals surface area contributed by atoms with Gasteiger partial charge >= 0.3 is 6.09 Å². The summed E-state index contributed by atoms with van der Waals surface area (Å²) in [5.74, 6) is 0.816. The lowest BCUT2D eigenvalue weighted by molar-refractivity contribution is 0.0522. The highest BCUT2D eigenvalue weighted by atomic mass is 16.6. The van der Waals surface area contributed by atoms with Gasteiger partial charge in [0.15, 0.2) is 5.96 Å². The number of rotatable bonds is 10. The van der Waals surface area contributed by atoms with E-state index >= 15 is 0 Å². The summed E-state index contributed by atoms with van der Waals surface area (Å²) in [6, 6.07) is 0.113. The summed E-state index contributed by atoms with van der Waals surface area (Å²) in [5.41, 5.74) is -0.491. The van der Waals surface area contributed by atoms with Gasteiger partial charge in [0.1, 0.15) is 5.60 Å². The summed E-state index contributed by atoms with van der Waals surface area (Å²) in [7, 11) is 2.19. The van der Waals surface area contributed by atoms with Crippen LogP contribution in [0.25, 0.3) is 0 Å². The van der Waals surface area contributed by atoms with Gasteiger partial charge in [0.05, 0.1) is 6.54 Å². The molecule has 1 fully saturated rings. The number of nitrogens with one attached hydrogen (secondary N) is 3. The molecule has 0 saturated carbocycles. The van der Waals surface area contributed by atoms with E-state index in [4.69, 9.17) is 9.73 Å². The fourth-order valence-electron chi connectivity index (χ4n) is 3.34. The zero-order chi connectivity index (χ0) is 22.4. The first kappa shape index (κ1) is 26.5. The lowest BCUT2D eigenvalue weighted by atomic mass is 10.1. The molecule has 30 heavy (non-hydrogen) atoms. The average molecular weight is 427 g/mol. The van der Waals surface area contributed by atoms with Crippen LogP contribution in [0.1, 0.15) is 60.3 Å². The highest BCUT2D eigenvalue weighted by molar-refractivity contribution is 5.80. The number of guanidine groups is 1. The summed E-state index contributed by atoms with van der Waals surface area (Å²) in [6.07, 6.45) is 4.01. The number of alkyl carbamates (subject to hydrolysis) is 1. The van der Waals surface area contributed by atoms with E-state index in [0.29, 0.717) is 6.54 Å². The van der Waals surface area contributed by atoms with E-state index in [2.05, 4.69) is 46.6 Å². The van der Waals surface area contributed by atoms with Crippen LogP contribution >= 0.6 is 0 Å². The van der Waals surface area contributed by atoms with Crippen molar-refractivity contribution in [3.63, 3.8) is 0 Å². The number of hydrogen-bond acceptors (Lipinski definition) is 5. The molecule has 176 valence electrons. The SMILES string of the molecule is CCCCC(CNC(=O)OC(C)(C)C)NC(=NCCN1CCCN(C)CC1)NCC. The van der Waals surface area contributed by atoms with Crippen LogP contribution < -0.4 is 16.0 Å². The molecule has 1 heterocycles. The third kappa shape index (κ3) is 12.9. The fraction of sp³-hybridized carbons (Fsp3) is 0.909. The molecule has 1 amide bonds. The Morgan fingerprint density at radius 1 is 1.13 bits per heavy atom. The van der Waals surface area contributed by atoms with E-state index in [0.717, 1.165) is 64.5 Å². The summed E-state index contributed by atoms with van der Waals surface area (Å²) in [6.45, 7) is 17.5. The van der Waals surface area contributed by atoms with Gasteiger partial charge in [-0.1, -0.05) is 19.8 Å². The molecular weight excluding hydrogens is 380 g/mol. The molecule has 1 saturated heterocycles. The third-order valence-electron chi connectivity index (χ3n) is 4.98. The number of carbonyl (C=O) groups excluding carboxylic acids is 1. The van der Waals surface area contributed by atoms with Crippen LogP contribution in [0.3, 0.4) is 0 Å². The van der Waals surface area contributed by atoms with Gasteiger partial charge in [-0.2, -0.15) is 0 Å². The minimum Gasteiger partial charge on any atom is -0.444 e. The van der Waals surface area contributed by atoms with Crippen LogP contribution in [0.5, 0.6) is 0 Å². The fourth-order valence-corrected chi connectivity index (χ4v) is 3.34. The summed E-state index contributed by atoms with van der Waals surface area (Å²) in [4.78, 5) is 21.7. The van der Waals surface area contributed by atoms with Crippen molar-refractivity contribution in [2.24, 2.45) is 4.99 Å². The monoisotopic (exact) mass is 426 g/mol. The van der Waals surface area contributed by atoms with Gasteiger partial charge in [0.2, 0.25) is 0 Å². The summed E-state index contributed by atoms with van der Waals surface area (Å²) in [5, 5.41) is 9.74. The van der Waals surface area contributed by atoms with Crippen LogP contribution in [0, 0.1) is 0 Å². The summed E-state index contributed by atoms with van der Waals surface area (Å²) < 4.78 is 5.36. The number of unbranched alkanes of at least 4 members (excludes halogenated alkanes) is 1. The highest BCUT2D eigenvalue weighted by Gasteiger charge is 2.18. The van der Waals surface area contributed by atoms with Crippen molar-refractivity contribution in [1.29, 1.82) is 0 Å². The molecule has 0 spiro atoms. The Hall–Kier alpha value is -1.54. The third-order valence-corrected chi connectivity index (χ3v) is 4.98. The van der Waals surface area contributed by atoms with Crippen molar-refractivity contribution in [1.82, 2.24) is 25.8 Å². The number of ether oxygens (including phenoxy) is 1. The molecule has 0 aromatic carbocycles. The highest BCUT2D eigenvalue weighted by Crippen LogP contribution is 2.07. The molecule has 0 radical (unpaired) electrons. The molecule has 0 bridgehead atoms. The predicted octanol–water partition coefficient (Wildman–Crippen LogP) is 2.26. The van der Waals surface area contributed by atoms with Gasteiger partial charge in [-0.15, -0.1) is 0 Å². The van der Waals surface area contributed by atoms with E-state index in [9.17, 15) is 4.79 Å². The molecule has 0 aliphatic carbocycles. The number of likely N-dealkylation sites (N-methyl/N-ethyl adjacent to an activating group) is 1. The minimum atomic E-state index is -0.491. The number of hydrogen-bond donors (Lipinski definition) is 3. The Labute approximate surface area is 184 Å². The Kier molecular flexibility index (Phi) is 12.8. The van der Waals surface area contributed by atoms with Crippen molar-refractivity contribution in [2.45, 2.75) is 71.9 Å². The molecule has 1 atom stereocenters. The zero-order valence-corrected chi connectivity index (χ0v) is 20.2. The van der Waals surface area contributed by atoms with E-state index in [1.54, 1.807) is 0 Å². The first-order valence-corrected chi connectivity index (χ1v) is 11.7. The Morgan fingerprint density at radius 2 is 1.90 bits per heavy atom. The smallest absolute Gasteiger partial charge is 0.407 e. The maximum Gasteiger partial charge on any atom is 0.407 e. The van der Waals surface area contributed by atoms with Gasteiger partial charge in [-0.25, -0.2) is 4.79 Å². The second-order valence-corrected chi connectivity index (χ2v) is 9.13. The average Bonchev–Trinajstić information content (AvgIpc) is 2.87. The molecule has 0 aromatic heterocycles. The topological polar surface area (TPSA) is 81.2 Å². The zero-order valence-electron chi connectivity index (χ0n) is 20.2. The molecule has 1 aliphatic rings. The first-order chi connectivity index (χ1) is 14.2. The van der Waals surface area contributed by atoms with Crippen molar-refractivity contribution in [2.75, 3.05) is 59.4 Å². The van der Waals surface area contributed by atoms with Gasteiger partial charge in [0, 0.05) is 38.8 Å². The molecule has 1 rings (SSSR count). The summed E-state index contributed by atoms with van der Waals surface area (Å²) >= 11 is 0. The molecule has 1 aliphatic heterocycles. The van der Waals surface area contributed by atoms with Gasteiger partial charge in [-0.3, -0.25) is 4.99 Å². The van der Waals surface area contributed by atoms with E-state index in [1.165, 1.54) is 13.0 Å². The van der Waals surface area contributed by atoms with Crippen molar-refractivity contribution in [3.8, 4) is 0 Å². The Bertz CT molecular complexity index is 506. The van der Waals surface area contributed by atoms with Gasteiger partial charge in [-0.05, 0) is 60.7 Å². The number of aliphatic imine (C=N–C) groups is 1. The normalized spacial score (nSPS) is 17.9. The molecule has 1 unspecified atom stereocenters. The maximum atomic E-state index is 12.0. The minimum absolute atomic E-state index is 0.113. The standard InChI is InChI=1S/C22H46N6O2/c1-7-9-11-19(18-25-21(29)30-22(3,4)5)26-20(23-8-2)24-12-15-28-14-10-13-27(6)16-17-28/h19H,7-18H2,1-6H3,(H,25,29)(H2,23,24,26). The molecule has 8 heteroatoms. The van der Waals surface area contributed by atoms with Gasteiger partial charge < -0.3 is 30.5 Å². The van der Waals surface area contributed by atoms with Crippen LogP contribution in [-0.4, -0.2) is 92.9 Å². The predicted molar refractivity (Wildman–Crippen MR) is 125 cm³/mol. The molecule has 0 aromatic rings. The molecule has 3 N–H and O–H groups in total. The first-order valence-electron chi connectivity index (χ1n) is 11.7. The number of nitrogens with zero attached hydrogens (tertiary/aromatic N) is 3. The van der Waals surface area contributed by atoms with E-state index in [1.807, 2.05) is 20.8 Å². The van der Waals surface area contributed by atoms with Crippen LogP contribution in [0.15, 0.2) is 4.99 Å². The maximum absolute atomic E-state index is 12.0. The largest absolute Gasteiger partial charge is 0.444 e. The lowest BCUT2D eigenvalue weighted by Crippen LogP contribution is -2.49. The molecular formula is C22H46N6O2.